The standard InChI is InChI=1S/C11H13ClN4O4/c1-14-10-7(12)4-6(5-8(10)16(19)20)11(18)15-3-2-9(13)17/h4-5,14H,2-3H2,1H3,(H2,13,17)(H,15,18). The molecule has 20 heavy (non-hydrogen) atoms. The molecule has 1 rings (SSSR count). The summed E-state index contributed by atoms with van der Waals surface area (Å²) in [6, 6.07) is 2.41. The number of nitro benzene ring substituents is 1. The zero-order valence-corrected chi connectivity index (χ0v) is 11.4. The number of nitro groups is 1. The van der Waals surface area contributed by atoms with E-state index in [0.29, 0.717) is 0 Å². The van der Waals surface area contributed by atoms with Crippen molar-refractivity contribution in [3.8, 4) is 0 Å². The van der Waals surface area contributed by atoms with Crippen LogP contribution in [0, 0.1) is 10.1 Å². The molecule has 0 saturated heterocycles. The fraction of sp³-hybridized carbons (Fsp3) is 0.273. The number of benzene rings is 1. The monoisotopic (exact) mass is 300 g/mol. The van der Waals surface area contributed by atoms with Crippen LogP contribution in [0.3, 0.4) is 0 Å². The van der Waals surface area contributed by atoms with E-state index in [2.05, 4.69) is 10.6 Å². The molecule has 0 aliphatic carbocycles. The summed E-state index contributed by atoms with van der Waals surface area (Å²) in [5.74, 6) is -1.13. The average Bonchev–Trinajstić information content (AvgIpc) is 2.36. The fourth-order valence-corrected chi connectivity index (χ4v) is 1.82. The first-order valence-electron chi connectivity index (χ1n) is 5.59. The highest BCUT2D eigenvalue weighted by atomic mass is 35.5. The van der Waals surface area contributed by atoms with Crippen molar-refractivity contribution >= 4 is 34.8 Å². The molecule has 0 aromatic heterocycles. The first kappa shape index (κ1) is 15.7. The second-order valence-electron chi connectivity index (χ2n) is 3.83. The van der Waals surface area contributed by atoms with E-state index in [1.165, 1.54) is 13.1 Å². The average molecular weight is 301 g/mol. The van der Waals surface area contributed by atoms with Crippen LogP contribution in [0.25, 0.3) is 0 Å². The minimum atomic E-state index is -0.641. The summed E-state index contributed by atoms with van der Waals surface area (Å²) in [6.07, 6.45) is -0.0177. The molecule has 9 heteroatoms. The lowest BCUT2D eigenvalue weighted by molar-refractivity contribution is -0.383. The Morgan fingerprint density at radius 1 is 1.45 bits per heavy atom. The van der Waals surface area contributed by atoms with E-state index in [-0.39, 0.29) is 34.9 Å². The highest BCUT2D eigenvalue weighted by Crippen LogP contribution is 2.33. The fourth-order valence-electron chi connectivity index (χ4n) is 1.52. The van der Waals surface area contributed by atoms with E-state index in [4.69, 9.17) is 17.3 Å². The molecule has 0 aliphatic heterocycles. The Labute approximate surface area is 119 Å². The van der Waals surface area contributed by atoms with Crippen molar-refractivity contribution in [1.82, 2.24) is 5.32 Å². The maximum Gasteiger partial charge on any atom is 0.294 e. The molecule has 108 valence electrons. The van der Waals surface area contributed by atoms with Crippen LogP contribution in [0.1, 0.15) is 16.8 Å². The Morgan fingerprint density at radius 2 is 2.10 bits per heavy atom. The van der Waals surface area contributed by atoms with Crippen LogP contribution in [0.5, 0.6) is 0 Å². The maximum atomic E-state index is 11.8. The number of nitrogens with one attached hydrogen (secondary N) is 2. The smallest absolute Gasteiger partial charge is 0.294 e. The molecule has 1 aromatic carbocycles. The number of primary amides is 1. The van der Waals surface area contributed by atoms with Gasteiger partial charge in [-0.3, -0.25) is 19.7 Å². The van der Waals surface area contributed by atoms with Gasteiger partial charge in [0.05, 0.1) is 9.95 Å². The van der Waals surface area contributed by atoms with Crippen molar-refractivity contribution in [3.05, 3.63) is 32.8 Å². The summed E-state index contributed by atoms with van der Waals surface area (Å²) in [4.78, 5) is 32.6. The molecule has 1 aromatic rings. The summed E-state index contributed by atoms with van der Waals surface area (Å²) < 4.78 is 0. The molecule has 0 fully saturated rings. The molecule has 0 atom stereocenters. The van der Waals surface area contributed by atoms with Crippen molar-refractivity contribution < 1.29 is 14.5 Å². The number of anilines is 1. The topological polar surface area (TPSA) is 127 Å². The third kappa shape index (κ3) is 3.82. The van der Waals surface area contributed by atoms with Gasteiger partial charge < -0.3 is 16.4 Å². The Bertz CT molecular complexity index is 562. The van der Waals surface area contributed by atoms with Crippen molar-refractivity contribution in [2.45, 2.75) is 6.42 Å². The molecular formula is C11H13ClN4O4. The van der Waals surface area contributed by atoms with Gasteiger partial charge in [0.15, 0.2) is 0 Å². The van der Waals surface area contributed by atoms with E-state index < -0.39 is 16.7 Å². The van der Waals surface area contributed by atoms with Crippen LogP contribution in [0.2, 0.25) is 5.02 Å². The summed E-state index contributed by atoms with van der Waals surface area (Å²) >= 11 is 5.89. The quantitative estimate of drug-likeness (QED) is 0.531. The Hall–Kier alpha value is -2.35. The number of rotatable bonds is 6. The van der Waals surface area contributed by atoms with Gasteiger partial charge in [-0.2, -0.15) is 0 Å². The predicted octanol–water partition coefficient (Wildman–Crippen LogP) is 0.895. The Morgan fingerprint density at radius 3 is 2.60 bits per heavy atom. The van der Waals surface area contributed by atoms with Crippen molar-refractivity contribution in [2.75, 3.05) is 18.9 Å². The molecule has 0 saturated carbocycles. The second-order valence-corrected chi connectivity index (χ2v) is 4.24. The van der Waals surface area contributed by atoms with E-state index in [1.54, 1.807) is 0 Å². The van der Waals surface area contributed by atoms with Crippen molar-refractivity contribution in [1.29, 1.82) is 0 Å². The molecule has 0 bridgehead atoms. The largest absolute Gasteiger partial charge is 0.381 e. The number of hydrogen-bond acceptors (Lipinski definition) is 5. The van der Waals surface area contributed by atoms with Crippen LogP contribution in [0.15, 0.2) is 12.1 Å². The van der Waals surface area contributed by atoms with Crippen LogP contribution >= 0.6 is 11.6 Å². The number of hydrogen-bond donors (Lipinski definition) is 3. The summed E-state index contributed by atoms with van der Waals surface area (Å²) in [5.41, 5.74) is 4.79. The van der Waals surface area contributed by atoms with Gasteiger partial charge in [-0.15, -0.1) is 0 Å². The number of amides is 2. The lowest BCUT2D eigenvalue weighted by atomic mass is 10.1. The normalized spacial score (nSPS) is 9.90. The Balaban J connectivity index is 2.99. The number of nitrogens with zero attached hydrogens (tertiary/aromatic N) is 1. The van der Waals surface area contributed by atoms with Crippen LogP contribution < -0.4 is 16.4 Å². The molecule has 0 radical (unpaired) electrons. The first-order chi connectivity index (χ1) is 9.36. The molecule has 8 nitrogen and oxygen atoms in total. The van der Waals surface area contributed by atoms with E-state index in [9.17, 15) is 19.7 Å². The van der Waals surface area contributed by atoms with Crippen molar-refractivity contribution in [3.63, 3.8) is 0 Å². The zero-order valence-electron chi connectivity index (χ0n) is 10.6. The second kappa shape index (κ2) is 6.71. The molecule has 4 N–H and O–H groups in total. The summed E-state index contributed by atoms with van der Waals surface area (Å²) in [6.45, 7) is 0.0490. The van der Waals surface area contributed by atoms with Crippen molar-refractivity contribution in [2.24, 2.45) is 5.73 Å². The lowest BCUT2D eigenvalue weighted by Crippen LogP contribution is -2.28. The van der Waals surface area contributed by atoms with Gasteiger partial charge in [0.25, 0.3) is 11.6 Å². The first-order valence-corrected chi connectivity index (χ1v) is 5.96. The summed E-state index contributed by atoms with van der Waals surface area (Å²) in [7, 11) is 1.49. The van der Waals surface area contributed by atoms with Gasteiger partial charge >= 0.3 is 0 Å². The van der Waals surface area contributed by atoms with Gasteiger partial charge in [-0.05, 0) is 6.07 Å². The molecule has 0 heterocycles. The molecule has 0 unspecified atom stereocenters. The minimum absolute atomic E-state index is 0.0177. The van der Waals surface area contributed by atoms with E-state index in [0.717, 1.165) is 6.07 Å². The highest BCUT2D eigenvalue weighted by Gasteiger charge is 2.20. The number of nitrogens with two attached hydrogens (primary N) is 1. The zero-order chi connectivity index (χ0) is 15.3. The molecular weight excluding hydrogens is 288 g/mol. The SMILES string of the molecule is CNc1c(Cl)cc(C(=O)NCCC(N)=O)cc1[N+](=O)[O-]. The lowest BCUT2D eigenvalue weighted by Gasteiger charge is -2.08. The molecule has 0 spiro atoms. The predicted molar refractivity (Wildman–Crippen MR) is 73.8 cm³/mol. The van der Waals surface area contributed by atoms with E-state index >= 15 is 0 Å². The minimum Gasteiger partial charge on any atom is -0.381 e. The van der Waals surface area contributed by atoms with Crippen LogP contribution in [-0.2, 0) is 4.79 Å². The van der Waals surface area contributed by atoms with E-state index in [1.807, 2.05) is 0 Å². The number of halogens is 1. The summed E-state index contributed by atoms with van der Waals surface area (Å²) in [5, 5.41) is 16.0. The number of carbonyl (C=O) groups excluding carboxylic acids is 2. The van der Waals surface area contributed by atoms with Gasteiger partial charge in [-0.25, -0.2) is 0 Å². The highest BCUT2D eigenvalue weighted by molar-refractivity contribution is 6.34. The van der Waals surface area contributed by atoms with Gasteiger partial charge in [0.1, 0.15) is 5.69 Å². The maximum absolute atomic E-state index is 11.8. The van der Waals surface area contributed by atoms with Crippen LogP contribution in [0.4, 0.5) is 11.4 Å². The molecule has 2 amide bonds. The number of carbonyl (C=O) groups is 2. The van der Waals surface area contributed by atoms with Gasteiger partial charge in [0.2, 0.25) is 5.91 Å². The molecule has 0 aliphatic rings. The van der Waals surface area contributed by atoms with Gasteiger partial charge in [0, 0.05) is 31.6 Å². The van der Waals surface area contributed by atoms with Crippen LogP contribution in [-0.4, -0.2) is 30.3 Å². The Kier molecular flexibility index (Phi) is 5.27. The third-order valence-electron chi connectivity index (χ3n) is 2.44. The third-order valence-corrected chi connectivity index (χ3v) is 2.73. The van der Waals surface area contributed by atoms with Gasteiger partial charge in [-0.1, -0.05) is 11.6 Å².